The highest BCUT2D eigenvalue weighted by Gasteiger charge is 2.10. The number of aromatic nitrogens is 1. The number of nitrogens with zero attached hydrogens (tertiary/aromatic N) is 1. The summed E-state index contributed by atoms with van der Waals surface area (Å²) in [4.78, 5) is 0. The Morgan fingerprint density at radius 2 is 1.67 bits per heavy atom. The van der Waals surface area contributed by atoms with Gasteiger partial charge in [-0.15, -0.1) is 12.4 Å². The van der Waals surface area contributed by atoms with Crippen LogP contribution in [0.25, 0.3) is 22.2 Å². The topological polar surface area (TPSA) is 54.8 Å². The summed E-state index contributed by atoms with van der Waals surface area (Å²) in [5.41, 5.74) is 9.06. The van der Waals surface area contributed by atoms with E-state index >= 15 is 0 Å². The predicted octanol–water partition coefficient (Wildman–Crippen LogP) is 4.06. The molecule has 0 aliphatic heterocycles. The van der Waals surface area contributed by atoms with Gasteiger partial charge in [0.1, 0.15) is 0 Å². The number of hydrogen-bond acceptors (Lipinski definition) is 1. The van der Waals surface area contributed by atoms with Crippen molar-refractivity contribution in [1.82, 2.24) is 4.57 Å². The van der Waals surface area contributed by atoms with E-state index in [1.165, 1.54) is 22.2 Å². The number of amidine groups is 1. The molecule has 0 saturated heterocycles. The molecule has 108 valence electrons. The maximum absolute atomic E-state index is 7.44. The van der Waals surface area contributed by atoms with Crippen molar-refractivity contribution in [1.29, 1.82) is 5.41 Å². The fraction of sp³-hybridized carbons (Fsp3) is 0.118. The van der Waals surface area contributed by atoms with Gasteiger partial charge < -0.3 is 10.3 Å². The first-order valence-corrected chi connectivity index (χ1v) is 6.72. The Hall–Kier alpha value is -2.26. The monoisotopic (exact) mass is 299 g/mol. The van der Waals surface area contributed by atoms with Crippen LogP contribution in [-0.2, 0) is 6.54 Å². The number of para-hydroxylation sites is 1. The van der Waals surface area contributed by atoms with Gasteiger partial charge in [-0.25, -0.2) is 0 Å². The van der Waals surface area contributed by atoms with Crippen LogP contribution in [0.4, 0.5) is 0 Å². The summed E-state index contributed by atoms with van der Waals surface area (Å²) in [7, 11) is 0. The van der Waals surface area contributed by atoms with Gasteiger partial charge in [0.25, 0.3) is 0 Å². The molecule has 0 aliphatic carbocycles. The first kappa shape index (κ1) is 15.1. The van der Waals surface area contributed by atoms with Crippen LogP contribution in [0.15, 0.2) is 60.7 Å². The van der Waals surface area contributed by atoms with Gasteiger partial charge in [0.15, 0.2) is 0 Å². The lowest BCUT2D eigenvalue weighted by Crippen LogP contribution is -2.13. The number of hydrogen-bond donors (Lipinski definition) is 2. The van der Waals surface area contributed by atoms with Crippen LogP contribution in [0.3, 0.4) is 0 Å². The van der Waals surface area contributed by atoms with E-state index in [1.54, 1.807) is 0 Å². The molecule has 1 aromatic heterocycles. The molecule has 0 radical (unpaired) electrons. The zero-order valence-corrected chi connectivity index (χ0v) is 12.4. The second-order valence-corrected chi connectivity index (χ2v) is 4.88. The quantitative estimate of drug-likeness (QED) is 0.554. The van der Waals surface area contributed by atoms with E-state index in [1.807, 2.05) is 30.3 Å². The van der Waals surface area contributed by atoms with Crippen molar-refractivity contribution >= 4 is 29.1 Å². The van der Waals surface area contributed by atoms with Gasteiger partial charge in [0.05, 0.1) is 5.84 Å². The molecule has 0 unspecified atom stereocenters. The van der Waals surface area contributed by atoms with Gasteiger partial charge in [0, 0.05) is 29.6 Å². The molecular weight excluding hydrogens is 282 g/mol. The number of nitrogens with one attached hydrogen (secondary N) is 1. The molecule has 3 N–H and O–H groups in total. The minimum absolute atomic E-state index is 0. The fourth-order valence-corrected chi connectivity index (χ4v) is 2.53. The maximum atomic E-state index is 7.44. The lowest BCUT2D eigenvalue weighted by molar-refractivity contribution is 0.757. The summed E-state index contributed by atoms with van der Waals surface area (Å²) in [6.07, 6.45) is 0.568. The average molecular weight is 300 g/mol. The van der Waals surface area contributed by atoms with E-state index < -0.39 is 0 Å². The summed E-state index contributed by atoms with van der Waals surface area (Å²) in [5.74, 6) is 0.224. The van der Waals surface area contributed by atoms with E-state index in [4.69, 9.17) is 11.1 Å². The number of fused-ring (bicyclic) bond motifs is 1. The lowest BCUT2D eigenvalue weighted by Gasteiger charge is -2.10. The molecule has 0 saturated carbocycles. The smallest absolute Gasteiger partial charge is 0.0923 e. The second kappa shape index (κ2) is 6.46. The van der Waals surface area contributed by atoms with Crippen molar-refractivity contribution in [3.05, 3.63) is 60.7 Å². The van der Waals surface area contributed by atoms with Crippen LogP contribution in [0.5, 0.6) is 0 Å². The third kappa shape index (κ3) is 3.09. The lowest BCUT2D eigenvalue weighted by atomic mass is 10.1. The Balaban J connectivity index is 0.00000161. The molecule has 1 heterocycles. The van der Waals surface area contributed by atoms with Gasteiger partial charge in [-0.05, 0) is 17.7 Å². The molecule has 4 heteroatoms. The van der Waals surface area contributed by atoms with Crippen molar-refractivity contribution in [2.45, 2.75) is 13.0 Å². The van der Waals surface area contributed by atoms with Gasteiger partial charge in [-0.1, -0.05) is 48.5 Å². The molecular formula is C17H18ClN3. The first-order chi connectivity index (χ1) is 9.75. The van der Waals surface area contributed by atoms with Crippen LogP contribution in [0.2, 0.25) is 0 Å². The first-order valence-electron chi connectivity index (χ1n) is 6.72. The Labute approximate surface area is 130 Å². The maximum Gasteiger partial charge on any atom is 0.0923 e. The SMILES string of the molecule is Cl.N=C(N)CCn1c(-c2ccccc2)cc2ccccc21. The van der Waals surface area contributed by atoms with Crippen molar-refractivity contribution in [3.8, 4) is 11.3 Å². The molecule has 2 aromatic carbocycles. The van der Waals surface area contributed by atoms with Crippen molar-refractivity contribution < 1.29 is 0 Å². The minimum atomic E-state index is 0. The summed E-state index contributed by atoms with van der Waals surface area (Å²) in [6.45, 7) is 0.729. The molecule has 3 nitrogen and oxygen atoms in total. The number of benzene rings is 2. The van der Waals surface area contributed by atoms with E-state index in [2.05, 4.69) is 34.9 Å². The largest absolute Gasteiger partial charge is 0.388 e. The van der Waals surface area contributed by atoms with E-state index in [9.17, 15) is 0 Å². The van der Waals surface area contributed by atoms with Crippen LogP contribution < -0.4 is 5.73 Å². The highest BCUT2D eigenvalue weighted by molar-refractivity contribution is 5.87. The van der Waals surface area contributed by atoms with Crippen molar-refractivity contribution in [2.24, 2.45) is 5.73 Å². The third-order valence-electron chi connectivity index (χ3n) is 3.48. The molecule has 0 fully saturated rings. The Morgan fingerprint density at radius 3 is 2.38 bits per heavy atom. The Morgan fingerprint density at radius 1 is 1.00 bits per heavy atom. The Bertz CT molecular complexity index is 747. The molecule has 0 spiro atoms. The van der Waals surface area contributed by atoms with E-state index in [0.717, 1.165) is 6.54 Å². The van der Waals surface area contributed by atoms with E-state index in [-0.39, 0.29) is 18.2 Å². The summed E-state index contributed by atoms with van der Waals surface area (Å²) < 4.78 is 2.24. The van der Waals surface area contributed by atoms with Gasteiger partial charge in [-0.2, -0.15) is 0 Å². The molecule has 0 atom stereocenters. The number of nitrogens with two attached hydrogens (primary N) is 1. The van der Waals surface area contributed by atoms with E-state index in [0.29, 0.717) is 6.42 Å². The minimum Gasteiger partial charge on any atom is -0.388 e. The van der Waals surface area contributed by atoms with Gasteiger partial charge >= 0.3 is 0 Å². The zero-order chi connectivity index (χ0) is 13.9. The highest BCUT2D eigenvalue weighted by atomic mass is 35.5. The summed E-state index contributed by atoms with van der Waals surface area (Å²) in [6, 6.07) is 20.8. The molecule has 0 bridgehead atoms. The fourth-order valence-electron chi connectivity index (χ4n) is 2.53. The second-order valence-electron chi connectivity index (χ2n) is 4.88. The van der Waals surface area contributed by atoms with Crippen molar-refractivity contribution in [3.63, 3.8) is 0 Å². The van der Waals surface area contributed by atoms with Crippen LogP contribution in [0.1, 0.15) is 6.42 Å². The van der Waals surface area contributed by atoms with Crippen LogP contribution in [-0.4, -0.2) is 10.4 Å². The van der Waals surface area contributed by atoms with Crippen LogP contribution in [0, 0.1) is 5.41 Å². The van der Waals surface area contributed by atoms with Gasteiger partial charge in [-0.3, -0.25) is 5.41 Å². The summed E-state index contributed by atoms with van der Waals surface area (Å²) >= 11 is 0. The van der Waals surface area contributed by atoms with Crippen LogP contribution >= 0.6 is 12.4 Å². The number of rotatable bonds is 4. The number of aryl methyl sites for hydroxylation is 1. The Kier molecular flexibility index (Phi) is 4.66. The normalized spacial score (nSPS) is 10.3. The number of halogens is 1. The molecule has 21 heavy (non-hydrogen) atoms. The summed E-state index contributed by atoms with van der Waals surface area (Å²) in [5, 5.41) is 8.66. The van der Waals surface area contributed by atoms with Gasteiger partial charge in [0.2, 0.25) is 0 Å². The third-order valence-corrected chi connectivity index (χ3v) is 3.48. The average Bonchev–Trinajstić information content (AvgIpc) is 2.84. The molecule has 0 aliphatic rings. The zero-order valence-electron chi connectivity index (χ0n) is 11.6. The predicted molar refractivity (Wildman–Crippen MR) is 91.2 cm³/mol. The molecule has 0 amide bonds. The standard InChI is InChI=1S/C17H17N3.ClH/c18-17(19)10-11-20-15-9-5-4-8-14(15)12-16(20)13-6-2-1-3-7-13;/h1-9,12H,10-11H2,(H3,18,19);1H. The highest BCUT2D eigenvalue weighted by Crippen LogP contribution is 2.28. The van der Waals surface area contributed by atoms with Crippen molar-refractivity contribution in [2.75, 3.05) is 0 Å². The molecule has 3 rings (SSSR count). The molecule has 3 aromatic rings.